The predicted molar refractivity (Wildman–Crippen MR) is 111 cm³/mol. The second-order valence-corrected chi connectivity index (χ2v) is 8.10. The van der Waals surface area contributed by atoms with E-state index in [0.29, 0.717) is 18.8 Å². The van der Waals surface area contributed by atoms with Gasteiger partial charge in [-0.1, -0.05) is 62.1 Å². The predicted octanol–water partition coefficient (Wildman–Crippen LogP) is 4.98. The molecule has 0 aliphatic heterocycles. The van der Waals surface area contributed by atoms with E-state index in [1.165, 1.54) is 0 Å². The number of carbonyl (C=O) groups is 2. The van der Waals surface area contributed by atoms with Gasteiger partial charge in [-0.25, -0.2) is 9.78 Å². The van der Waals surface area contributed by atoms with Gasteiger partial charge in [0.25, 0.3) is 0 Å². The third-order valence-electron chi connectivity index (χ3n) is 5.79. The number of aryl methyl sites for hydroxylation is 1. The van der Waals surface area contributed by atoms with E-state index in [0.717, 1.165) is 49.7 Å². The summed E-state index contributed by atoms with van der Waals surface area (Å²) in [4.78, 5) is 27.5. The summed E-state index contributed by atoms with van der Waals surface area (Å²) in [6.07, 6.45) is 6.18. The molecule has 1 aliphatic carbocycles. The smallest absolute Gasteiger partial charge is 0.355 e. The Bertz CT molecular complexity index is 876. The van der Waals surface area contributed by atoms with Gasteiger partial charge in [0, 0.05) is 13.0 Å². The van der Waals surface area contributed by atoms with Crippen molar-refractivity contribution in [2.45, 2.75) is 64.3 Å². The molecule has 1 heterocycles. The molecule has 6 nitrogen and oxygen atoms in total. The number of hydrogen-bond donors (Lipinski definition) is 2. The number of hydrogen-bond acceptors (Lipinski definition) is 3. The van der Waals surface area contributed by atoms with Gasteiger partial charge < -0.3 is 14.8 Å². The first-order valence-electron chi connectivity index (χ1n) is 10.2. The molecule has 0 bridgehead atoms. The fourth-order valence-corrected chi connectivity index (χ4v) is 4.53. The normalized spacial score (nSPS) is 19.2. The minimum absolute atomic E-state index is 0.0140. The molecule has 0 unspecified atom stereocenters. The zero-order valence-corrected chi connectivity index (χ0v) is 17.4. The van der Waals surface area contributed by atoms with Crippen LogP contribution in [0.15, 0.2) is 24.3 Å². The second kappa shape index (κ2) is 9.44. The molecule has 1 aliphatic rings. The maximum atomic E-state index is 11.7. The summed E-state index contributed by atoms with van der Waals surface area (Å²) < 4.78 is 1.68. The largest absolute Gasteiger partial charge is 0.481 e. The van der Waals surface area contributed by atoms with Gasteiger partial charge in [-0.15, -0.1) is 0 Å². The van der Waals surface area contributed by atoms with Crippen LogP contribution in [0.4, 0.5) is 0 Å². The van der Waals surface area contributed by atoms with Crippen molar-refractivity contribution >= 4 is 23.5 Å². The van der Waals surface area contributed by atoms with Crippen molar-refractivity contribution in [1.29, 1.82) is 0 Å². The highest BCUT2D eigenvalue weighted by Crippen LogP contribution is 2.38. The Morgan fingerprint density at radius 2 is 1.86 bits per heavy atom. The molecule has 0 amide bonds. The lowest BCUT2D eigenvalue weighted by Gasteiger charge is -2.29. The Kier molecular flexibility index (Phi) is 6.96. The summed E-state index contributed by atoms with van der Waals surface area (Å²) in [5.74, 6) is -1.43. The first-order valence-corrected chi connectivity index (χ1v) is 10.6. The number of aliphatic carboxylic acids is 1. The van der Waals surface area contributed by atoms with E-state index in [2.05, 4.69) is 11.9 Å². The van der Waals surface area contributed by atoms with Gasteiger partial charge in [0.05, 0.1) is 5.92 Å². The Balaban J connectivity index is 1.84. The molecule has 3 rings (SSSR count). The van der Waals surface area contributed by atoms with E-state index in [9.17, 15) is 19.8 Å². The molecule has 2 aromatic rings. The van der Waals surface area contributed by atoms with Crippen molar-refractivity contribution in [2.75, 3.05) is 0 Å². The minimum atomic E-state index is -1.09. The third-order valence-corrected chi connectivity index (χ3v) is 6.06. The quantitative estimate of drug-likeness (QED) is 0.630. The average molecular weight is 419 g/mol. The van der Waals surface area contributed by atoms with Gasteiger partial charge in [-0.2, -0.15) is 0 Å². The molecule has 0 saturated heterocycles. The van der Waals surface area contributed by atoms with Crippen LogP contribution in [-0.4, -0.2) is 31.7 Å². The molecule has 2 atom stereocenters. The molecule has 1 saturated carbocycles. The van der Waals surface area contributed by atoms with E-state index >= 15 is 0 Å². The van der Waals surface area contributed by atoms with E-state index in [4.69, 9.17) is 11.6 Å². The van der Waals surface area contributed by atoms with E-state index in [1.54, 1.807) is 4.57 Å². The molecule has 7 heteroatoms. The highest BCUT2D eigenvalue weighted by Gasteiger charge is 2.31. The maximum absolute atomic E-state index is 11.7. The van der Waals surface area contributed by atoms with Crippen molar-refractivity contribution in [2.24, 2.45) is 5.92 Å². The number of rotatable bonds is 8. The van der Waals surface area contributed by atoms with E-state index < -0.39 is 11.9 Å². The van der Waals surface area contributed by atoms with Crippen molar-refractivity contribution in [3.8, 4) is 0 Å². The molecule has 0 spiro atoms. The van der Waals surface area contributed by atoms with E-state index in [-0.39, 0.29) is 22.7 Å². The van der Waals surface area contributed by atoms with Crippen molar-refractivity contribution in [3.05, 3.63) is 52.1 Å². The van der Waals surface area contributed by atoms with Crippen LogP contribution in [0.3, 0.4) is 0 Å². The first kappa shape index (κ1) is 21.4. The fourth-order valence-electron chi connectivity index (χ4n) is 4.25. The van der Waals surface area contributed by atoms with Crippen molar-refractivity contribution < 1.29 is 19.8 Å². The summed E-state index contributed by atoms with van der Waals surface area (Å²) in [7, 11) is 0. The number of aromatic nitrogens is 2. The lowest BCUT2D eigenvalue weighted by atomic mass is 9.75. The zero-order valence-electron chi connectivity index (χ0n) is 16.6. The van der Waals surface area contributed by atoms with Crippen molar-refractivity contribution in [3.63, 3.8) is 0 Å². The fraction of sp³-hybridized carbons (Fsp3) is 0.500. The van der Waals surface area contributed by atoms with Crippen LogP contribution >= 0.6 is 11.6 Å². The number of benzene rings is 1. The van der Waals surface area contributed by atoms with Gasteiger partial charge in [-0.05, 0) is 36.3 Å². The van der Waals surface area contributed by atoms with E-state index in [1.807, 2.05) is 24.3 Å². The van der Waals surface area contributed by atoms with Gasteiger partial charge in [0.1, 0.15) is 5.82 Å². The SMILES string of the molecule is CCCCc1nc(Cl)c(C(=O)O)n1Cc1ccc([C@H]2CCCC[C@@H]2C(=O)O)cc1. The van der Waals surface area contributed by atoms with Crippen LogP contribution in [0.1, 0.15) is 78.8 Å². The van der Waals surface area contributed by atoms with Gasteiger partial charge in [0.15, 0.2) is 10.8 Å². The highest BCUT2D eigenvalue weighted by molar-refractivity contribution is 6.32. The molecule has 1 aromatic heterocycles. The van der Waals surface area contributed by atoms with Crippen LogP contribution < -0.4 is 0 Å². The first-order chi connectivity index (χ1) is 13.9. The summed E-state index contributed by atoms with van der Waals surface area (Å²) in [5, 5.41) is 19.1. The summed E-state index contributed by atoms with van der Waals surface area (Å²) >= 11 is 6.09. The molecule has 2 N–H and O–H groups in total. The average Bonchev–Trinajstić information content (AvgIpc) is 3.02. The van der Waals surface area contributed by atoms with Gasteiger partial charge >= 0.3 is 11.9 Å². The molecule has 1 fully saturated rings. The van der Waals surface area contributed by atoms with Crippen LogP contribution in [0.2, 0.25) is 5.15 Å². The Hall–Kier alpha value is -2.34. The molecular weight excluding hydrogens is 392 g/mol. The highest BCUT2D eigenvalue weighted by atomic mass is 35.5. The second-order valence-electron chi connectivity index (χ2n) is 7.74. The monoisotopic (exact) mass is 418 g/mol. The van der Waals surface area contributed by atoms with Crippen LogP contribution in [0, 0.1) is 5.92 Å². The lowest BCUT2D eigenvalue weighted by Crippen LogP contribution is -2.25. The summed E-state index contributed by atoms with van der Waals surface area (Å²) in [5.41, 5.74) is 1.99. The maximum Gasteiger partial charge on any atom is 0.355 e. The minimum Gasteiger partial charge on any atom is -0.481 e. The summed E-state index contributed by atoms with van der Waals surface area (Å²) in [6, 6.07) is 7.86. The van der Waals surface area contributed by atoms with Crippen LogP contribution in [0.25, 0.3) is 0 Å². The number of halogens is 1. The topological polar surface area (TPSA) is 92.4 Å². The van der Waals surface area contributed by atoms with Crippen molar-refractivity contribution in [1.82, 2.24) is 9.55 Å². The van der Waals surface area contributed by atoms with Crippen LogP contribution in [0.5, 0.6) is 0 Å². The van der Waals surface area contributed by atoms with Gasteiger partial charge in [-0.3, -0.25) is 4.79 Å². The van der Waals surface area contributed by atoms with Crippen LogP contribution in [-0.2, 0) is 17.8 Å². The Morgan fingerprint density at radius 1 is 1.17 bits per heavy atom. The molecule has 29 heavy (non-hydrogen) atoms. The number of unbranched alkanes of at least 4 members (excludes halogenated alkanes) is 1. The molecule has 0 radical (unpaired) electrons. The third kappa shape index (κ3) is 4.81. The number of carboxylic acid groups (broad SMARTS) is 2. The number of carboxylic acids is 2. The molecular formula is C22H27ClN2O4. The zero-order chi connectivity index (χ0) is 21.0. The number of nitrogens with zero attached hydrogens (tertiary/aromatic N) is 2. The molecule has 156 valence electrons. The lowest BCUT2D eigenvalue weighted by molar-refractivity contribution is -0.143. The molecule has 1 aromatic carbocycles. The van der Waals surface area contributed by atoms with Gasteiger partial charge in [0.2, 0.25) is 0 Å². The number of imidazole rings is 1. The standard InChI is InChI=1S/C22H27ClN2O4/c1-2-3-8-18-24-20(23)19(22(28)29)25(18)13-14-9-11-15(12-10-14)16-6-4-5-7-17(16)21(26)27/h9-12,16-17H,2-8,13H2,1H3,(H,26,27)(H,28,29)/t16-,17+/m1/s1. The number of aromatic carboxylic acids is 1. The Labute approximate surface area is 175 Å². The Morgan fingerprint density at radius 3 is 2.48 bits per heavy atom. The summed E-state index contributed by atoms with van der Waals surface area (Å²) in [6.45, 7) is 2.44.